The van der Waals surface area contributed by atoms with Crippen LogP contribution in [0.2, 0.25) is 0 Å². The molecule has 0 saturated carbocycles. The Morgan fingerprint density at radius 2 is 2.00 bits per heavy atom. The Morgan fingerprint density at radius 1 is 1.44 bits per heavy atom. The number of oxime groups is 1. The van der Waals surface area contributed by atoms with Crippen LogP contribution in [0.15, 0.2) is 5.16 Å². The van der Waals surface area contributed by atoms with Gasteiger partial charge >= 0.3 is 11.9 Å². The molecule has 0 amide bonds. The van der Waals surface area contributed by atoms with Crippen LogP contribution in [0.25, 0.3) is 0 Å². The van der Waals surface area contributed by atoms with Gasteiger partial charge in [-0.3, -0.25) is 4.79 Å². The van der Waals surface area contributed by atoms with Gasteiger partial charge in [0.2, 0.25) is 0 Å². The SMILES string of the molecule is CC(CC(=O)OC(C)(C)C)ON=CC(=O)O. The smallest absolute Gasteiger partial charge is 0.350 e. The number of carbonyl (C=O) groups excluding carboxylic acids is 1. The molecule has 1 unspecified atom stereocenters. The zero-order chi connectivity index (χ0) is 12.8. The largest absolute Gasteiger partial charge is 0.477 e. The molecule has 1 atom stereocenters. The maximum absolute atomic E-state index is 11.3. The monoisotopic (exact) mass is 231 g/mol. The summed E-state index contributed by atoms with van der Waals surface area (Å²) in [6.07, 6.45) is 0.116. The maximum atomic E-state index is 11.3. The van der Waals surface area contributed by atoms with E-state index < -0.39 is 23.6 Å². The van der Waals surface area contributed by atoms with Crippen molar-refractivity contribution in [3.63, 3.8) is 0 Å². The molecule has 0 rings (SSSR count). The summed E-state index contributed by atoms with van der Waals surface area (Å²) in [5, 5.41) is 11.4. The van der Waals surface area contributed by atoms with E-state index in [1.165, 1.54) is 0 Å². The van der Waals surface area contributed by atoms with Crippen LogP contribution in [0.3, 0.4) is 0 Å². The molecule has 0 aromatic carbocycles. The lowest BCUT2D eigenvalue weighted by Crippen LogP contribution is -2.26. The fraction of sp³-hybridized carbons (Fsp3) is 0.700. The van der Waals surface area contributed by atoms with Crippen molar-refractivity contribution in [2.24, 2.45) is 5.16 Å². The van der Waals surface area contributed by atoms with Crippen LogP contribution in [0.1, 0.15) is 34.1 Å². The van der Waals surface area contributed by atoms with Crippen LogP contribution in [-0.2, 0) is 19.2 Å². The lowest BCUT2D eigenvalue weighted by Gasteiger charge is -2.20. The predicted molar refractivity (Wildman–Crippen MR) is 57.1 cm³/mol. The van der Waals surface area contributed by atoms with Gasteiger partial charge in [0.1, 0.15) is 11.7 Å². The topological polar surface area (TPSA) is 85.2 Å². The molecule has 0 spiro atoms. The highest BCUT2D eigenvalue weighted by atomic mass is 16.6. The summed E-state index contributed by atoms with van der Waals surface area (Å²) >= 11 is 0. The van der Waals surface area contributed by atoms with Gasteiger partial charge in [0, 0.05) is 0 Å². The summed E-state index contributed by atoms with van der Waals surface area (Å²) in [5.74, 6) is -1.62. The standard InChI is InChI=1S/C10H17NO5/c1-7(16-11-6-8(12)13)5-9(14)15-10(2,3)4/h6-7H,5H2,1-4H3,(H,12,13). The molecule has 16 heavy (non-hydrogen) atoms. The number of esters is 1. The van der Waals surface area contributed by atoms with Gasteiger partial charge in [-0.1, -0.05) is 5.16 Å². The van der Waals surface area contributed by atoms with E-state index in [2.05, 4.69) is 5.16 Å². The molecule has 6 nitrogen and oxygen atoms in total. The van der Waals surface area contributed by atoms with Crippen LogP contribution in [-0.4, -0.2) is 35.0 Å². The molecule has 92 valence electrons. The fourth-order valence-electron chi connectivity index (χ4n) is 0.835. The Balaban J connectivity index is 3.92. The summed E-state index contributed by atoms with van der Waals surface area (Å²) in [4.78, 5) is 26.1. The van der Waals surface area contributed by atoms with E-state index in [-0.39, 0.29) is 6.42 Å². The summed E-state index contributed by atoms with van der Waals surface area (Å²) in [6, 6.07) is 0. The zero-order valence-corrected chi connectivity index (χ0v) is 9.89. The van der Waals surface area contributed by atoms with E-state index in [9.17, 15) is 9.59 Å². The summed E-state index contributed by atoms with van der Waals surface area (Å²) in [6.45, 7) is 6.89. The van der Waals surface area contributed by atoms with Crippen molar-refractivity contribution in [3.8, 4) is 0 Å². The second kappa shape index (κ2) is 6.09. The molecule has 0 bridgehead atoms. The second-order valence-corrected chi connectivity index (χ2v) is 4.28. The van der Waals surface area contributed by atoms with Crippen LogP contribution >= 0.6 is 0 Å². The van der Waals surface area contributed by atoms with E-state index in [1.807, 2.05) is 0 Å². The third kappa shape index (κ3) is 8.98. The number of aliphatic carboxylic acids is 1. The normalized spacial score (nSPS) is 13.5. The molecule has 0 radical (unpaired) electrons. The van der Waals surface area contributed by atoms with Crippen LogP contribution < -0.4 is 0 Å². The van der Waals surface area contributed by atoms with Crippen LogP contribution in [0.4, 0.5) is 0 Å². The number of carboxylic acids is 1. The molecular formula is C10H17NO5. The lowest BCUT2D eigenvalue weighted by atomic mass is 10.2. The average molecular weight is 231 g/mol. The Morgan fingerprint density at radius 3 is 2.44 bits per heavy atom. The molecule has 0 aliphatic carbocycles. The number of carboxylic acid groups (broad SMARTS) is 1. The highest BCUT2D eigenvalue weighted by molar-refractivity contribution is 6.21. The van der Waals surface area contributed by atoms with Gasteiger partial charge < -0.3 is 14.7 Å². The van der Waals surface area contributed by atoms with E-state index in [1.54, 1.807) is 27.7 Å². The third-order valence-electron chi connectivity index (χ3n) is 1.28. The van der Waals surface area contributed by atoms with Gasteiger partial charge in [-0.15, -0.1) is 0 Å². The quantitative estimate of drug-likeness (QED) is 0.436. The lowest BCUT2D eigenvalue weighted by molar-refractivity contribution is -0.157. The van der Waals surface area contributed by atoms with Crippen molar-refractivity contribution in [2.75, 3.05) is 0 Å². The zero-order valence-electron chi connectivity index (χ0n) is 9.89. The first kappa shape index (κ1) is 14.4. The Labute approximate surface area is 94.2 Å². The fourth-order valence-corrected chi connectivity index (χ4v) is 0.835. The van der Waals surface area contributed by atoms with Gasteiger partial charge in [0.15, 0.2) is 6.21 Å². The molecule has 0 aromatic heterocycles. The summed E-state index contributed by atoms with van der Waals surface area (Å²) in [5.41, 5.74) is -0.541. The number of carbonyl (C=O) groups is 2. The second-order valence-electron chi connectivity index (χ2n) is 4.28. The van der Waals surface area contributed by atoms with E-state index in [4.69, 9.17) is 14.7 Å². The molecule has 0 heterocycles. The number of hydrogen-bond acceptors (Lipinski definition) is 5. The molecular weight excluding hydrogens is 214 g/mol. The number of rotatable bonds is 5. The van der Waals surface area contributed by atoms with Crippen LogP contribution in [0.5, 0.6) is 0 Å². The van der Waals surface area contributed by atoms with Crippen molar-refractivity contribution in [2.45, 2.75) is 45.8 Å². The van der Waals surface area contributed by atoms with Gasteiger partial charge in [0.25, 0.3) is 0 Å². The van der Waals surface area contributed by atoms with Crippen molar-refractivity contribution in [1.82, 2.24) is 0 Å². The maximum Gasteiger partial charge on any atom is 0.350 e. The minimum Gasteiger partial charge on any atom is -0.477 e. The molecule has 0 fully saturated rings. The predicted octanol–water partition coefficient (Wildman–Crippen LogP) is 1.19. The van der Waals surface area contributed by atoms with Crippen LogP contribution in [0, 0.1) is 0 Å². The average Bonchev–Trinajstić information content (AvgIpc) is 1.98. The van der Waals surface area contributed by atoms with E-state index in [0.717, 1.165) is 0 Å². The van der Waals surface area contributed by atoms with E-state index >= 15 is 0 Å². The molecule has 1 N–H and O–H groups in total. The van der Waals surface area contributed by atoms with E-state index in [0.29, 0.717) is 6.21 Å². The molecule has 0 aliphatic heterocycles. The Kier molecular flexibility index (Phi) is 5.49. The molecule has 0 aromatic rings. The molecule has 0 aliphatic rings. The summed E-state index contributed by atoms with van der Waals surface area (Å²) in [7, 11) is 0. The summed E-state index contributed by atoms with van der Waals surface area (Å²) < 4.78 is 5.05. The minimum atomic E-state index is -1.20. The van der Waals surface area contributed by atoms with Crippen molar-refractivity contribution >= 4 is 18.2 Å². The Hall–Kier alpha value is -1.59. The van der Waals surface area contributed by atoms with Gasteiger partial charge in [0.05, 0.1) is 6.42 Å². The highest BCUT2D eigenvalue weighted by Crippen LogP contribution is 2.10. The molecule has 0 saturated heterocycles. The van der Waals surface area contributed by atoms with Gasteiger partial charge in [-0.25, -0.2) is 4.79 Å². The van der Waals surface area contributed by atoms with Crippen molar-refractivity contribution in [3.05, 3.63) is 0 Å². The number of hydrogen-bond donors (Lipinski definition) is 1. The first-order chi connectivity index (χ1) is 7.20. The number of nitrogens with zero attached hydrogens (tertiary/aromatic N) is 1. The molecule has 6 heteroatoms. The van der Waals surface area contributed by atoms with Gasteiger partial charge in [-0.2, -0.15) is 0 Å². The number of ether oxygens (including phenoxy) is 1. The first-order valence-electron chi connectivity index (χ1n) is 4.84. The highest BCUT2D eigenvalue weighted by Gasteiger charge is 2.18. The minimum absolute atomic E-state index is 0.0221. The van der Waals surface area contributed by atoms with Crippen molar-refractivity contribution < 1.29 is 24.3 Å². The first-order valence-corrected chi connectivity index (χ1v) is 4.84. The third-order valence-corrected chi connectivity index (χ3v) is 1.28. The van der Waals surface area contributed by atoms with Gasteiger partial charge in [-0.05, 0) is 27.7 Å². The Bertz CT molecular complexity index is 279. The van der Waals surface area contributed by atoms with Crippen molar-refractivity contribution in [1.29, 1.82) is 0 Å².